The molecular formula is C21H19N3O2S2. The summed E-state index contributed by atoms with van der Waals surface area (Å²) in [5.74, 6) is 0.00889. The Balaban J connectivity index is 1.46. The molecule has 0 aliphatic carbocycles. The number of thiazole rings is 1. The smallest absolute Gasteiger partial charge is 0.248 e. The fourth-order valence-corrected chi connectivity index (χ4v) is 3.67. The molecular weight excluding hydrogens is 390 g/mol. The molecule has 0 saturated heterocycles. The zero-order valence-electron chi connectivity index (χ0n) is 15.2. The van der Waals surface area contributed by atoms with E-state index in [0.29, 0.717) is 16.6 Å². The van der Waals surface area contributed by atoms with Crippen LogP contribution in [-0.2, 0) is 9.59 Å². The minimum absolute atomic E-state index is 0.0946. The minimum Gasteiger partial charge on any atom is -0.323 e. The predicted molar refractivity (Wildman–Crippen MR) is 117 cm³/mol. The Hall–Kier alpha value is -2.90. The van der Waals surface area contributed by atoms with Crippen molar-refractivity contribution >= 4 is 51.8 Å². The van der Waals surface area contributed by atoms with Gasteiger partial charge in [0.2, 0.25) is 11.8 Å². The summed E-state index contributed by atoms with van der Waals surface area (Å²) < 4.78 is 0. The van der Waals surface area contributed by atoms with Crippen LogP contribution < -0.4 is 10.6 Å². The molecule has 0 aliphatic heterocycles. The third-order valence-electron chi connectivity index (χ3n) is 3.58. The number of rotatable bonds is 7. The molecule has 0 spiro atoms. The highest BCUT2D eigenvalue weighted by molar-refractivity contribution is 8.00. The van der Waals surface area contributed by atoms with Crippen molar-refractivity contribution in [1.82, 2.24) is 4.98 Å². The van der Waals surface area contributed by atoms with E-state index in [1.807, 2.05) is 66.9 Å². The predicted octanol–water partition coefficient (Wildman–Crippen LogP) is 4.83. The van der Waals surface area contributed by atoms with E-state index >= 15 is 0 Å². The van der Waals surface area contributed by atoms with Crippen LogP contribution in [0, 0.1) is 6.92 Å². The number of hydrogen-bond acceptors (Lipinski definition) is 5. The second kappa shape index (κ2) is 9.87. The molecule has 5 nitrogen and oxygen atoms in total. The summed E-state index contributed by atoms with van der Waals surface area (Å²) >= 11 is 2.84. The Morgan fingerprint density at radius 3 is 2.50 bits per heavy atom. The van der Waals surface area contributed by atoms with Crippen molar-refractivity contribution in [2.24, 2.45) is 0 Å². The zero-order valence-corrected chi connectivity index (χ0v) is 16.8. The van der Waals surface area contributed by atoms with Crippen LogP contribution in [0.4, 0.5) is 10.8 Å². The Kier molecular flexibility index (Phi) is 7.00. The van der Waals surface area contributed by atoms with Gasteiger partial charge in [-0.15, -0.1) is 23.1 Å². The van der Waals surface area contributed by atoms with Gasteiger partial charge in [0.15, 0.2) is 5.13 Å². The average molecular weight is 410 g/mol. The lowest BCUT2D eigenvalue weighted by atomic mass is 10.2. The zero-order chi connectivity index (χ0) is 19.8. The number of carbonyl (C=O) groups excluding carboxylic acids is 2. The van der Waals surface area contributed by atoms with Crippen LogP contribution in [0.15, 0.2) is 70.9 Å². The van der Waals surface area contributed by atoms with E-state index in [1.165, 1.54) is 29.2 Å². The van der Waals surface area contributed by atoms with Crippen molar-refractivity contribution in [2.45, 2.75) is 11.8 Å². The highest BCUT2D eigenvalue weighted by atomic mass is 32.2. The van der Waals surface area contributed by atoms with Gasteiger partial charge in [0.1, 0.15) is 0 Å². The quantitative estimate of drug-likeness (QED) is 0.433. The van der Waals surface area contributed by atoms with E-state index < -0.39 is 0 Å². The summed E-state index contributed by atoms with van der Waals surface area (Å²) in [6.45, 7) is 1.89. The molecule has 0 saturated carbocycles. The molecule has 28 heavy (non-hydrogen) atoms. The number of benzene rings is 2. The molecule has 0 bridgehead atoms. The number of hydrogen-bond donors (Lipinski definition) is 2. The molecule has 2 N–H and O–H groups in total. The van der Waals surface area contributed by atoms with Crippen LogP contribution in [0.25, 0.3) is 6.08 Å². The molecule has 0 atom stereocenters. The van der Waals surface area contributed by atoms with Crippen molar-refractivity contribution in [2.75, 3.05) is 16.4 Å². The molecule has 2 amide bonds. The van der Waals surface area contributed by atoms with Crippen LogP contribution >= 0.6 is 23.1 Å². The number of aryl methyl sites for hydroxylation is 1. The Bertz CT molecular complexity index is 967. The van der Waals surface area contributed by atoms with Crippen molar-refractivity contribution in [1.29, 1.82) is 0 Å². The van der Waals surface area contributed by atoms with Crippen molar-refractivity contribution < 1.29 is 9.59 Å². The minimum atomic E-state index is -0.192. The molecule has 142 valence electrons. The van der Waals surface area contributed by atoms with Crippen molar-refractivity contribution in [3.05, 3.63) is 77.3 Å². The van der Waals surface area contributed by atoms with Crippen molar-refractivity contribution in [3.8, 4) is 0 Å². The number of amides is 2. The highest BCUT2D eigenvalue weighted by Gasteiger charge is 2.06. The number of carbonyl (C=O) groups is 2. The first-order chi connectivity index (χ1) is 13.6. The molecule has 1 heterocycles. The molecule has 3 aromatic rings. The standard InChI is InChI=1S/C21H19N3O2S2/c1-15-13-28-21(22-15)24-20(26)14-27-18-10-8-17(9-11-18)23-19(25)12-7-16-5-3-2-4-6-16/h2-13H,14H2,1H3,(H,23,25)(H,22,24,26)/b12-7+. The molecule has 2 aromatic carbocycles. The molecule has 1 aromatic heterocycles. The van der Waals surface area contributed by atoms with Gasteiger partial charge in [-0.05, 0) is 42.8 Å². The second-order valence-corrected chi connectivity index (χ2v) is 7.80. The third-order valence-corrected chi connectivity index (χ3v) is 5.47. The summed E-state index contributed by atoms with van der Waals surface area (Å²) in [5.41, 5.74) is 2.56. The van der Waals surface area contributed by atoms with Gasteiger partial charge in [0, 0.05) is 22.0 Å². The maximum Gasteiger partial charge on any atom is 0.248 e. The SMILES string of the molecule is Cc1csc(NC(=O)CSc2ccc(NC(=O)/C=C/c3ccccc3)cc2)n1. The Morgan fingerprint density at radius 2 is 1.82 bits per heavy atom. The maximum atomic E-state index is 12.0. The normalized spacial score (nSPS) is 10.8. The number of nitrogens with zero attached hydrogens (tertiary/aromatic N) is 1. The molecule has 3 rings (SSSR count). The van der Waals surface area contributed by atoms with Crippen LogP contribution in [-0.4, -0.2) is 22.6 Å². The number of thioether (sulfide) groups is 1. The van der Waals surface area contributed by atoms with Gasteiger partial charge >= 0.3 is 0 Å². The van der Waals surface area contributed by atoms with E-state index in [4.69, 9.17) is 0 Å². The monoisotopic (exact) mass is 409 g/mol. The molecule has 0 fully saturated rings. The van der Waals surface area contributed by atoms with Gasteiger partial charge in [-0.1, -0.05) is 30.3 Å². The van der Waals surface area contributed by atoms with Gasteiger partial charge in [-0.25, -0.2) is 4.98 Å². The van der Waals surface area contributed by atoms with Crippen LogP contribution in [0.5, 0.6) is 0 Å². The van der Waals surface area contributed by atoms with Gasteiger partial charge in [0.25, 0.3) is 0 Å². The van der Waals surface area contributed by atoms with E-state index in [1.54, 1.807) is 6.08 Å². The van der Waals surface area contributed by atoms with E-state index in [2.05, 4.69) is 15.6 Å². The first kappa shape index (κ1) is 19.9. The number of nitrogens with one attached hydrogen (secondary N) is 2. The van der Waals surface area contributed by atoms with E-state index in [-0.39, 0.29) is 11.8 Å². The molecule has 7 heteroatoms. The number of aromatic nitrogens is 1. The van der Waals surface area contributed by atoms with Crippen LogP contribution in [0.2, 0.25) is 0 Å². The molecule has 0 aliphatic rings. The Labute approximate surface area is 171 Å². The summed E-state index contributed by atoms with van der Waals surface area (Å²) in [6.07, 6.45) is 3.27. The van der Waals surface area contributed by atoms with Gasteiger partial charge in [-0.2, -0.15) is 0 Å². The van der Waals surface area contributed by atoms with Gasteiger partial charge in [0.05, 0.1) is 11.4 Å². The van der Waals surface area contributed by atoms with E-state index in [9.17, 15) is 9.59 Å². The van der Waals surface area contributed by atoms with Gasteiger partial charge in [-0.3, -0.25) is 9.59 Å². The topological polar surface area (TPSA) is 71.1 Å². The van der Waals surface area contributed by atoms with Gasteiger partial charge < -0.3 is 10.6 Å². The lowest BCUT2D eigenvalue weighted by Crippen LogP contribution is -2.13. The molecule has 0 unspecified atom stereocenters. The largest absolute Gasteiger partial charge is 0.323 e. The average Bonchev–Trinajstić information content (AvgIpc) is 3.11. The summed E-state index contributed by atoms with van der Waals surface area (Å²) in [6, 6.07) is 17.0. The highest BCUT2D eigenvalue weighted by Crippen LogP contribution is 2.21. The summed E-state index contributed by atoms with van der Waals surface area (Å²) in [5, 5.41) is 8.11. The summed E-state index contributed by atoms with van der Waals surface area (Å²) in [7, 11) is 0. The first-order valence-electron chi connectivity index (χ1n) is 8.57. The lowest BCUT2D eigenvalue weighted by molar-refractivity contribution is -0.114. The van der Waals surface area contributed by atoms with Crippen molar-refractivity contribution in [3.63, 3.8) is 0 Å². The number of anilines is 2. The second-order valence-electron chi connectivity index (χ2n) is 5.89. The first-order valence-corrected chi connectivity index (χ1v) is 10.4. The summed E-state index contributed by atoms with van der Waals surface area (Å²) in [4.78, 5) is 29.1. The molecule has 0 radical (unpaired) electrons. The fourth-order valence-electron chi connectivity index (χ4n) is 2.27. The third kappa shape index (κ3) is 6.37. The maximum absolute atomic E-state index is 12.0. The Morgan fingerprint density at radius 1 is 1.07 bits per heavy atom. The lowest BCUT2D eigenvalue weighted by Gasteiger charge is -2.05. The van der Waals surface area contributed by atoms with Crippen LogP contribution in [0.1, 0.15) is 11.3 Å². The van der Waals surface area contributed by atoms with Crippen LogP contribution in [0.3, 0.4) is 0 Å². The van der Waals surface area contributed by atoms with E-state index in [0.717, 1.165) is 16.2 Å². The fraction of sp³-hybridized carbons (Fsp3) is 0.0952.